The average Bonchev–Trinajstić information content (AvgIpc) is 3.38. The quantitative estimate of drug-likeness (QED) is 0.223. The molecule has 4 N–H and O–H groups in total. The second kappa shape index (κ2) is 8.56. The topological polar surface area (TPSA) is 152 Å². The van der Waals surface area contributed by atoms with Gasteiger partial charge in [-0.15, -0.1) is 0 Å². The van der Waals surface area contributed by atoms with Gasteiger partial charge in [0.2, 0.25) is 12.1 Å². The van der Waals surface area contributed by atoms with Crippen molar-refractivity contribution in [2.45, 2.75) is 113 Å². The summed E-state index contributed by atoms with van der Waals surface area (Å²) in [6, 6.07) is 0. The fourth-order valence-corrected chi connectivity index (χ4v) is 10.3. The summed E-state index contributed by atoms with van der Waals surface area (Å²) in [7, 11) is 0. The van der Waals surface area contributed by atoms with Gasteiger partial charge in [-0.05, 0) is 68.8 Å². The molecule has 39 heavy (non-hydrogen) atoms. The van der Waals surface area contributed by atoms with Gasteiger partial charge in [-0.2, -0.15) is 0 Å². The Morgan fingerprint density at radius 2 is 1.82 bits per heavy atom. The molecule has 6 fully saturated rings. The number of hydrogen-bond acceptors (Lipinski definition) is 10. The minimum atomic E-state index is -2.00. The zero-order chi connectivity index (χ0) is 27.5. The van der Waals surface area contributed by atoms with E-state index in [1.54, 1.807) is 0 Å². The predicted octanol–water partition coefficient (Wildman–Crippen LogP) is 0.971. The highest BCUT2D eigenvalue weighted by molar-refractivity contribution is 5.85. The molecule has 4 aliphatic carbocycles. The Kier molecular flexibility index (Phi) is 5.82. The number of cyclic esters (lactones) is 1. The minimum absolute atomic E-state index is 0.0249. The highest BCUT2D eigenvalue weighted by Gasteiger charge is 2.72. The number of rotatable bonds is 2. The maximum Gasteiger partial charge on any atom is 0.331 e. The second-order valence-corrected chi connectivity index (χ2v) is 13.7. The molecule has 0 aromatic carbocycles. The standard InChI is InChI=1S/C29H40O10/c1-14-7-22(32)29(35)25(37-14)38-20-9-16-3-4-18-17(27(16,13-30)11-21(20)39-29)5-6-26(2)24(15-8-23(33)36-12-15)19(31)10-28(18,26)34/h8,13-14,16-22,24-25,31-32,34-35H,3-7,9-12H2,1-2H3. The van der Waals surface area contributed by atoms with Crippen LogP contribution in [0.2, 0.25) is 0 Å². The number of hydrogen-bond donors (Lipinski definition) is 4. The van der Waals surface area contributed by atoms with Crippen molar-refractivity contribution in [2.75, 3.05) is 6.61 Å². The van der Waals surface area contributed by atoms with Crippen LogP contribution in [-0.2, 0) is 28.5 Å². The smallest absolute Gasteiger partial charge is 0.331 e. The Morgan fingerprint density at radius 1 is 1.03 bits per heavy atom. The molecule has 216 valence electrons. The molecule has 10 nitrogen and oxygen atoms in total. The van der Waals surface area contributed by atoms with Crippen LogP contribution in [0.1, 0.15) is 65.2 Å². The van der Waals surface area contributed by atoms with E-state index in [4.69, 9.17) is 18.9 Å². The van der Waals surface area contributed by atoms with E-state index in [9.17, 15) is 30.0 Å². The van der Waals surface area contributed by atoms with Crippen molar-refractivity contribution >= 4 is 12.3 Å². The van der Waals surface area contributed by atoms with E-state index in [2.05, 4.69) is 0 Å². The number of aliphatic hydroxyl groups is 4. The van der Waals surface area contributed by atoms with Gasteiger partial charge >= 0.3 is 5.97 Å². The normalized spacial score (nSPS) is 58.2. The third-order valence-electron chi connectivity index (χ3n) is 12.1. The van der Waals surface area contributed by atoms with Crippen molar-refractivity contribution in [1.29, 1.82) is 0 Å². The number of carbonyl (C=O) groups is 2. The summed E-state index contributed by atoms with van der Waals surface area (Å²) in [6.07, 6.45) is 2.23. The van der Waals surface area contributed by atoms with Crippen LogP contribution >= 0.6 is 0 Å². The summed E-state index contributed by atoms with van der Waals surface area (Å²) in [5.41, 5.74) is -1.91. The van der Waals surface area contributed by atoms with Gasteiger partial charge in [0.15, 0.2) is 0 Å². The largest absolute Gasteiger partial charge is 0.458 e. The summed E-state index contributed by atoms with van der Waals surface area (Å²) >= 11 is 0. The molecule has 2 saturated heterocycles. The van der Waals surface area contributed by atoms with Gasteiger partial charge in [0.05, 0.1) is 30.0 Å². The van der Waals surface area contributed by atoms with Crippen LogP contribution in [-0.4, -0.2) is 87.5 Å². The van der Waals surface area contributed by atoms with Crippen LogP contribution in [0.3, 0.4) is 0 Å². The molecule has 10 heteroatoms. The van der Waals surface area contributed by atoms with Gasteiger partial charge in [-0.3, -0.25) is 0 Å². The molecule has 0 aromatic heterocycles. The third-order valence-corrected chi connectivity index (χ3v) is 12.1. The highest BCUT2D eigenvalue weighted by Crippen LogP contribution is 2.70. The Bertz CT molecular complexity index is 1090. The van der Waals surface area contributed by atoms with Crippen LogP contribution in [0, 0.1) is 34.5 Å². The van der Waals surface area contributed by atoms with Gasteiger partial charge in [0, 0.05) is 35.7 Å². The van der Waals surface area contributed by atoms with E-state index in [1.807, 2.05) is 13.8 Å². The molecule has 3 heterocycles. The van der Waals surface area contributed by atoms with Crippen molar-refractivity contribution in [3.8, 4) is 0 Å². The van der Waals surface area contributed by atoms with Crippen LogP contribution in [0.25, 0.3) is 0 Å². The van der Waals surface area contributed by atoms with E-state index in [0.717, 1.165) is 24.7 Å². The zero-order valence-corrected chi connectivity index (χ0v) is 22.5. The van der Waals surface area contributed by atoms with Crippen molar-refractivity contribution in [2.24, 2.45) is 34.5 Å². The summed E-state index contributed by atoms with van der Waals surface area (Å²) in [5.74, 6) is -3.11. The van der Waals surface area contributed by atoms with Crippen molar-refractivity contribution < 1.29 is 49.0 Å². The molecular formula is C29H40O10. The van der Waals surface area contributed by atoms with E-state index in [0.29, 0.717) is 25.7 Å². The molecule has 7 aliphatic rings. The van der Waals surface area contributed by atoms with Gasteiger partial charge in [-0.25, -0.2) is 4.79 Å². The molecule has 14 atom stereocenters. The fraction of sp³-hybridized carbons (Fsp3) is 0.862. The average molecular weight is 549 g/mol. The maximum absolute atomic E-state index is 13.1. The maximum atomic E-state index is 13.1. The minimum Gasteiger partial charge on any atom is -0.458 e. The molecule has 4 saturated carbocycles. The summed E-state index contributed by atoms with van der Waals surface area (Å²) in [5, 5.41) is 45.6. The molecule has 0 amide bonds. The lowest BCUT2D eigenvalue weighted by Crippen LogP contribution is -2.71. The molecule has 3 aliphatic heterocycles. The Morgan fingerprint density at radius 3 is 2.54 bits per heavy atom. The lowest BCUT2D eigenvalue weighted by atomic mass is 9.42. The summed E-state index contributed by atoms with van der Waals surface area (Å²) < 4.78 is 23.4. The lowest BCUT2D eigenvalue weighted by Gasteiger charge is -2.64. The monoisotopic (exact) mass is 548 g/mol. The Labute approximate surface area is 227 Å². The number of ether oxygens (including phenoxy) is 4. The number of esters is 1. The summed E-state index contributed by atoms with van der Waals surface area (Å²) in [6.45, 7) is 3.97. The van der Waals surface area contributed by atoms with Crippen LogP contribution in [0.4, 0.5) is 0 Å². The molecule has 14 unspecified atom stereocenters. The van der Waals surface area contributed by atoms with Gasteiger partial charge in [0.1, 0.15) is 19.0 Å². The number of fused-ring (bicyclic) bond motifs is 7. The first-order valence-electron chi connectivity index (χ1n) is 14.6. The van der Waals surface area contributed by atoms with E-state index in [1.165, 1.54) is 6.08 Å². The van der Waals surface area contributed by atoms with Gasteiger partial charge < -0.3 is 44.2 Å². The Balaban J connectivity index is 1.20. The van der Waals surface area contributed by atoms with E-state index in [-0.39, 0.29) is 55.3 Å². The van der Waals surface area contributed by atoms with Gasteiger partial charge in [0.25, 0.3) is 0 Å². The third kappa shape index (κ3) is 3.40. The molecular weight excluding hydrogens is 508 g/mol. The number of aliphatic hydroxyl groups excluding tert-OH is 2. The predicted molar refractivity (Wildman–Crippen MR) is 133 cm³/mol. The van der Waals surface area contributed by atoms with E-state index < -0.39 is 52.8 Å². The second-order valence-electron chi connectivity index (χ2n) is 13.7. The molecule has 0 radical (unpaired) electrons. The molecule has 0 spiro atoms. The first-order chi connectivity index (χ1) is 18.4. The van der Waals surface area contributed by atoms with Crippen LogP contribution in [0.5, 0.6) is 0 Å². The van der Waals surface area contributed by atoms with Crippen LogP contribution in [0.15, 0.2) is 11.6 Å². The van der Waals surface area contributed by atoms with E-state index >= 15 is 0 Å². The van der Waals surface area contributed by atoms with Crippen LogP contribution < -0.4 is 0 Å². The molecule has 0 aromatic rings. The molecule has 0 bridgehead atoms. The SMILES string of the molecule is CC1CC(O)C2(O)OC3CC4(C=O)C(CCC5C4CCC4(C)C(C6=CC(=O)OC6)C(O)CC54O)CC3OC2O1. The van der Waals surface area contributed by atoms with Crippen molar-refractivity contribution in [3.05, 3.63) is 11.6 Å². The first-order valence-corrected chi connectivity index (χ1v) is 14.6. The van der Waals surface area contributed by atoms with Crippen molar-refractivity contribution in [1.82, 2.24) is 0 Å². The Hall–Kier alpha value is -1.40. The zero-order valence-electron chi connectivity index (χ0n) is 22.5. The fourth-order valence-electron chi connectivity index (χ4n) is 10.3. The van der Waals surface area contributed by atoms with Crippen molar-refractivity contribution in [3.63, 3.8) is 0 Å². The number of aldehydes is 1. The lowest BCUT2D eigenvalue weighted by molar-refractivity contribution is -0.457. The number of carbonyl (C=O) groups excluding carboxylic acids is 2. The first kappa shape index (κ1) is 26.5. The highest BCUT2D eigenvalue weighted by atomic mass is 16.8. The summed E-state index contributed by atoms with van der Waals surface area (Å²) in [4.78, 5) is 25.0. The van der Waals surface area contributed by atoms with Gasteiger partial charge in [-0.1, -0.05) is 6.92 Å². The molecule has 7 rings (SSSR count).